The van der Waals surface area contributed by atoms with Gasteiger partial charge in [0.2, 0.25) is 0 Å². The summed E-state index contributed by atoms with van der Waals surface area (Å²) in [7, 11) is 3.10. The third-order valence-corrected chi connectivity index (χ3v) is 3.31. The second kappa shape index (κ2) is 4.48. The van der Waals surface area contributed by atoms with Crippen LogP contribution in [0, 0.1) is 0 Å². The molecule has 0 bridgehead atoms. The van der Waals surface area contributed by atoms with E-state index in [0.29, 0.717) is 17.7 Å². The average molecular weight is 301 g/mol. The van der Waals surface area contributed by atoms with Gasteiger partial charge in [-0.1, -0.05) is 15.9 Å². The van der Waals surface area contributed by atoms with Gasteiger partial charge in [-0.2, -0.15) is 0 Å². The van der Waals surface area contributed by atoms with E-state index in [9.17, 15) is 9.59 Å². The molecule has 0 amide bonds. The number of alkyl halides is 1. The first-order valence-corrected chi connectivity index (χ1v) is 6.37. The van der Waals surface area contributed by atoms with Gasteiger partial charge >= 0.3 is 5.69 Å². The quantitative estimate of drug-likeness (QED) is 0.762. The predicted molar refractivity (Wildman–Crippen MR) is 68.6 cm³/mol. The van der Waals surface area contributed by atoms with E-state index in [1.807, 2.05) is 0 Å². The summed E-state index contributed by atoms with van der Waals surface area (Å²) >= 11 is 3.35. The number of hydrogen-bond donors (Lipinski definition) is 0. The van der Waals surface area contributed by atoms with Crippen molar-refractivity contribution in [2.24, 2.45) is 14.1 Å². The van der Waals surface area contributed by atoms with E-state index in [1.54, 1.807) is 17.9 Å². The first kappa shape index (κ1) is 12.1. The van der Waals surface area contributed by atoms with Gasteiger partial charge in [0.25, 0.3) is 5.56 Å². The monoisotopic (exact) mass is 300 g/mol. The second-order valence-electron chi connectivity index (χ2n) is 3.86. The topological polar surface area (TPSA) is 61.8 Å². The van der Waals surface area contributed by atoms with E-state index in [2.05, 4.69) is 20.9 Å². The molecular formula is C10H13BrN4O2. The molecule has 0 N–H and O–H groups in total. The van der Waals surface area contributed by atoms with Crippen LogP contribution < -0.4 is 11.2 Å². The van der Waals surface area contributed by atoms with E-state index >= 15 is 0 Å². The second-order valence-corrected chi connectivity index (χ2v) is 4.65. The minimum Gasteiger partial charge on any atom is -0.325 e. The first-order chi connectivity index (χ1) is 8.07. The standard InChI is InChI=1S/C10H13BrN4O2/c1-13-8-7(9(16)14(2)10(13)17)15(6-12-8)5-3-4-11/h6H,3-5H2,1-2H3. The van der Waals surface area contributed by atoms with Crippen molar-refractivity contribution in [2.75, 3.05) is 5.33 Å². The van der Waals surface area contributed by atoms with Crippen LogP contribution in [0.4, 0.5) is 0 Å². The molecule has 2 aromatic heterocycles. The minimum absolute atomic E-state index is 0.296. The highest BCUT2D eigenvalue weighted by Crippen LogP contribution is 2.06. The number of nitrogens with zero attached hydrogens (tertiary/aromatic N) is 4. The fraction of sp³-hybridized carbons (Fsp3) is 0.500. The zero-order valence-electron chi connectivity index (χ0n) is 9.68. The molecule has 0 saturated carbocycles. The van der Waals surface area contributed by atoms with Crippen LogP contribution in [0.3, 0.4) is 0 Å². The fourth-order valence-corrected chi connectivity index (χ4v) is 2.05. The summed E-state index contributed by atoms with van der Waals surface area (Å²) in [6.07, 6.45) is 2.51. The lowest BCUT2D eigenvalue weighted by Crippen LogP contribution is -2.37. The van der Waals surface area contributed by atoms with Gasteiger partial charge in [0.1, 0.15) is 0 Å². The lowest BCUT2D eigenvalue weighted by molar-refractivity contribution is 0.680. The van der Waals surface area contributed by atoms with Gasteiger partial charge in [0.15, 0.2) is 11.2 Å². The van der Waals surface area contributed by atoms with Crippen LogP contribution in [-0.4, -0.2) is 24.0 Å². The van der Waals surface area contributed by atoms with Crippen molar-refractivity contribution in [3.8, 4) is 0 Å². The highest BCUT2D eigenvalue weighted by molar-refractivity contribution is 9.09. The van der Waals surface area contributed by atoms with Gasteiger partial charge in [-0.15, -0.1) is 0 Å². The normalized spacial score (nSPS) is 11.2. The summed E-state index contributed by atoms with van der Waals surface area (Å²) in [6.45, 7) is 0.704. The molecule has 0 aromatic carbocycles. The lowest BCUT2D eigenvalue weighted by Gasteiger charge is -2.05. The van der Waals surface area contributed by atoms with Gasteiger partial charge in [0, 0.05) is 26.0 Å². The van der Waals surface area contributed by atoms with Crippen LogP contribution in [0.2, 0.25) is 0 Å². The van der Waals surface area contributed by atoms with Crippen LogP contribution in [0.5, 0.6) is 0 Å². The Morgan fingerprint density at radius 3 is 2.65 bits per heavy atom. The largest absolute Gasteiger partial charge is 0.332 e. The molecule has 0 aliphatic heterocycles. The molecule has 0 aliphatic rings. The highest BCUT2D eigenvalue weighted by Gasteiger charge is 2.13. The van der Waals surface area contributed by atoms with Crippen molar-refractivity contribution in [2.45, 2.75) is 13.0 Å². The SMILES string of the molecule is Cn1c(=O)c2c(ncn2CCCBr)n(C)c1=O. The number of aromatic nitrogens is 4. The number of hydrogen-bond acceptors (Lipinski definition) is 3. The van der Waals surface area contributed by atoms with Crippen molar-refractivity contribution < 1.29 is 0 Å². The molecule has 2 aromatic rings. The molecular weight excluding hydrogens is 288 g/mol. The molecule has 0 atom stereocenters. The van der Waals surface area contributed by atoms with Crippen LogP contribution in [-0.2, 0) is 20.6 Å². The van der Waals surface area contributed by atoms with Crippen molar-refractivity contribution in [1.82, 2.24) is 18.7 Å². The minimum atomic E-state index is -0.353. The Hall–Kier alpha value is -1.37. The number of aryl methyl sites for hydroxylation is 2. The van der Waals surface area contributed by atoms with Gasteiger partial charge < -0.3 is 4.57 Å². The van der Waals surface area contributed by atoms with Gasteiger partial charge in [0.05, 0.1) is 6.33 Å². The molecule has 0 radical (unpaired) electrons. The van der Waals surface area contributed by atoms with E-state index in [4.69, 9.17) is 0 Å². The molecule has 17 heavy (non-hydrogen) atoms. The maximum atomic E-state index is 12.0. The van der Waals surface area contributed by atoms with E-state index in [-0.39, 0.29) is 11.2 Å². The third-order valence-electron chi connectivity index (χ3n) is 2.75. The maximum absolute atomic E-state index is 12.0. The maximum Gasteiger partial charge on any atom is 0.332 e. The lowest BCUT2D eigenvalue weighted by atomic mass is 10.4. The zero-order chi connectivity index (χ0) is 12.6. The van der Waals surface area contributed by atoms with E-state index in [0.717, 1.165) is 16.3 Å². The highest BCUT2D eigenvalue weighted by atomic mass is 79.9. The van der Waals surface area contributed by atoms with Gasteiger partial charge in [-0.3, -0.25) is 13.9 Å². The van der Waals surface area contributed by atoms with Crippen LogP contribution in [0.25, 0.3) is 11.2 Å². The van der Waals surface area contributed by atoms with Gasteiger partial charge in [-0.05, 0) is 6.42 Å². The summed E-state index contributed by atoms with van der Waals surface area (Å²) in [5, 5.41) is 0.860. The molecule has 0 spiro atoms. The molecule has 2 heterocycles. The van der Waals surface area contributed by atoms with Crippen LogP contribution in [0.1, 0.15) is 6.42 Å². The van der Waals surface area contributed by atoms with E-state index in [1.165, 1.54) is 11.6 Å². The molecule has 7 heteroatoms. The molecule has 0 saturated heterocycles. The number of halogens is 1. The Bertz CT molecular complexity index is 667. The Balaban J connectivity index is 2.77. The first-order valence-electron chi connectivity index (χ1n) is 5.24. The molecule has 0 fully saturated rings. The Labute approximate surface area is 106 Å². The summed E-state index contributed by atoms with van der Waals surface area (Å²) in [5.74, 6) is 0. The Morgan fingerprint density at radius 1 is 1.29 bits per heavy atom. The van der Waals surface area contributed by atoms with Crippen molar-refractivity contribution in [3.63, 3.8) is 0 Å². The van der Waals surface area contributed by atoms with Crippen LogP contribution in [0.15, 0.2) is 15.9 Å². The van der Waals surface area contributed by atoms with Crippen molar-refractivity contribution in [1.29, 1.82) is 0 Å². The zero-order valence-corrected chi connectivity index (χ0v) is 11.3. The summed E-state index contributed by atoms with van der Waals surface area (Å²) in [6, 6.07) is 0. The predicted octanol–water partition coefficient (Wildman–Crippen LogP) is 0.219. The number of rotatable bonds is 3. The summed E-state index contributed by atoms with van der Waals surface area (Å²) < 4.78 is 4.29. The van der Waals surface area contributed by atoms with Crippen molar-refractivity contribution in [3.05, 3.63) is 27.2 Å². The van der Waals surface area contributed by atoms with Crippen LogP contribution >= 0.6 is 15.9 Å². The third kappa shape index (κ3) is 1.84. The molecule has 0 aliphatic carbocycles. The Kier molecular flexibility index (Phi) is 3.19. The smallest absolute Gasteiger partial charge is 0.325 e. The molecule has 6 nitrogen and oxygen atoms in total. The fourth-order valence-electron chi connectivity index (χ4n) is 1.80. The average Bonchev–Trinajstić information content (AvgIpc) is 2.75. The summed E-state index contributed by atoms with van der Waals surface area (Å²) in [4.78, 5) is 27.9. The Morgan fingerprint density at radius 2 is 2.00 bits per heavy atom. The van der Waals surface area contributed by atoms with Gasteiger partial charge in [-0.25, -0.2) is 9.78 Å². The molecule has 0 unspecified atom stereocenters. The van der Waals surface area contributed by atoms with E-state index < -0.39 is 0 Å². The molecule has 2 rings (SSSR count). The number of imidazole rings is 1. The number of fused-ring (bicyclic) bond motifs is 1. The molecule has 92 valence electrons. The summed E-state index contributed by atoms with van der Waals surface area (Å²) in [5.41, 5.74) is 0.270. The van der Waals surface area contributed by atoms with Crippen molar-refractivity contribution >= 4 is 27.1 Å².